The highest BCUT2D eigenvalue weighted by Crippen LogP contribution is 2.37. The lowest BCUT2D eigenvalue weighted by atomic mass is 9.97. The molecule has 21 heavy (non-hydrogen) atoms. The smallest absolute Gasteiger partial charge is 0.128 e. The van der Waals surface area contributed by atoms with Crippen LogP contribution in [0.5, 0.6) is 0 Å². The van der Waals surface area contributed by atoms with E-state index in [9.17, 15) is 0 Å². The fraction of sp³-hybridized carbons (Fsp3) is 0.118. The Labute approximate surface area is 128 Å². The van der Waals surface area contributed by atoms with Crippen molar-refractivity contribution in [1.82, 2.24) is 9.55 Å². The van der Waals surface area contributed by atoms with Gasteiger partial charge in [0.1, 0.15) is 5.82 Å². The number of anilines is 1. The lowest BCUT2D eigenvalue weighted by Gasteiger charge is -2.22. The molecule has 4 rings (SSSR count). The Bertz CT molecular complexity index is 794. The monoisotopic (exact) mass is 295 g/mol. The summed E-state index contributed by atoms with van der Waals surface area (Å²) in [6.45, 7) is 0.713. The number of halogens is 1. The Morgan fingerprint density at radius 3 is 2.67 bits per heavy atom. The molecule has 0 fully saturated rings. The normalized spacial score (nSPS) is 16.5. The number of nitrogens with zero attached hydrogens (tertiary/aromatic N) is 2. The standard InChI is InChI=1S/C17H14ClN3/c18-14-7-3-1-5-12(14)17-13-6-2-4-8-15(13)20-11-16-19-9-10-21(16)17/h1-10,17,20H,11H2. The van der Waals surface area contributed by atoms with E-state index in [-0.39, 0.29) is 6.04 Å². The quantitative estimate of drug-likeness (QED) is 0.732. The summed E-state index contributed by atoms with van der Waals surface area (Å²) in [4.78, 5) is 4.46. The van der Waals surface area contributed by atoms with Crippen molar-refractivity contribution in [2.24, 2.45) is 0 Å². The van der Waals surface area contributed by atoms with E-state index in [1.807, 2.05) is 36.7 Å². The Balaban J connectivity index is 2.00. The van der Waals surface area contributed by atoms with Crippen LogP contribution in [-0.4, -0.2) is 9.55 Å². The second-order valence-electron chi connectivity index (χ2n) is 5.12. The van der Waals surface area contributed by atoms with Crippen LogP contribution in [0.4, 0.5) is 5.69 Å². The SMILES string of the molecule is Clc1ccccc1C1c2ccccc2NCc2nccn21. The van der Waals surface area contributed by atoms with Crippen LogP contribution in [0.3, 0.4) is 0 Å². The lowest BCUT2D eigenvalue weighted by molar-refractivity contribution is 0.654. The van der Waals surface area contributed by atoms with Gasteiger partial charge in [0.25, 0.3) is 0 Å². The van der Waals surface area contributed by atoms with E-state index in [2.05, 4.69) is 39.1 Å². The summed E-state index contributed by atoms with van der Waals surface area (Å²) in [6.07, 6.45) is 3.86. The lowest BCUT2D eigenvalue weighted by Crippen LogP contribution is -2.13. The second-order valence-corrected chi connectivity index (χ2v) is 5.52. The molecule has 2 heterocycles. The minimum absolute atomic E-state index is 0.0439. The molecule has 0 saturated carbocycles. The van der Waals surface area contributed by atoms with Crippen LogP contribution in [0.1, 0.15) is 23.0 Å². The molecule has 104 valence electrons. The van der Waals surface area contributed by atoms with Crippen molar-refractivity contribution in [1.29, 1.82) is 0 Å². The molecular weight excluding hydrogens is 282 g/mol. The van der Waals surface area contributed by atoms with Crippen molar-refractivity contribution < 1.29 is 0 Å². The van der Waals surface area contributed by atoms with Gasteiger partial charge in [-0.1, -0.05) is 48.0 Å². The number of fused-ring (bicyclic) bond motifs is 2. The zero-order chi connectivity index (χ0) is 14.2. The highest BCUT2D eigenvalue weighted by molar-refractivity contribution is 6.31. The Hall–Kier alpha value is -2.26. The number of imidazole rings is 1. The summed E-state index contributed by atoms with van der Waals surface area (Å²) in [5, 5.41) is 4.24. The average molecular weight is 296 g/mol. The highest BCUT2D eigenvalue weighted by Gasteiger charge is 2.25. The topological polar surface area (TPSA) is 29.9 Å². The first-order valence-electron chi connectivity index (χ1n) is 6.93. The van der Waals surface area contributed by atoms with Gasteiger partial charge in [-0.3, -0.25) is 0 Å². The molecule has 4 heteroatoms. The third-order valence-corrected chi connectivity index (χ3v) is 4.26. The van der Waals surface area contributed by atoms with Crippen molar-refractivity contribution in [2.45, 2.75) is 12.6 Å². The molecule has 1 aliphatic rings. The Morgan fingerprint density at radius 1 is 1.05 bits per heavy atom. The number of hydrogen-bond donors (Lipinski definition) is 1. The van der Waals surface area contributed by atoms with Gasteiger partial charge in [-0.05, 0) is 17.7 Å². The van der Waals surface area contributed by atoms with Gasteiger partial charge in [-0.25, -0.2) is 4.98 Å². The van der Waals surface area contributed by atoms with E-state index < -0.39 is 0 Å². The van der Waals surface area contributed by atoms with E-state index in [0.717, 1.165) is 22.1 Å². The van der Waals surface area contributed by atoms with E-state index in [1.54, 1.807) is 0 Å². The largest absolute Gasteiger partial charge is 0.378 e. The third-order valence-electron chi connectivity index (χ3n) is 3.92. The van der Waals surface area contributed by atoms with Gasteiger partial charge in [0.15, 0.2) is 0 Å². The van der Waals surface area contributed by atoms with Gasteiger partial charge in [-0.2, -0.15) is 0 Å². The predicted octanol–water partition coefficient (Wildman–Crippen LogP) is 4.10. The van der Waals surface area contributed by atoms with E-state index >= 15 is 0 Å². The zero-order valence-electron chi connectivity index (χ0n) is 11.3. The summed E-state index contributed by atoms with van der Waals surface area (Å²) in [6, 6.07) is 16.4. The average Bonchev–Trinajstić information content (AvgIpc) is 2.91. The molecule has 2 aromatic carbocycles. The maximum Gasteiger partial charge on any atom is 0.128 e. The predicted molar refractivity (Wildman–Crippen MR) is 84.7 cm³/mol. The molecule has 0 spiro atoms. The summed E-state index contributed by atoms with van der Waals surface area (Å²) in [5.74, 6) is 1.01. The fourth-order valence-corrected chi connectivity index (χ4v) is 3.19. The molecule has 1 unspecified atom stereocenters. The Kier molecular flexibility index (Phi) is 2.93. The summed E-state index contributed by atoms with van der Waals surface area (Å²) in [5.41, 5.74) is 3.44. The first-order chi connectivity index (χ1) is 10.3. The van der Waals surface area contributed by atoms with Crippen molar-refractivity contribution in [3.05, 3.63) is 82.9 Å². The van der Waals surface area contributed by atoms with E-state index in [0.29, 0.717) is 6.54 Å². The number of rotatable bonds is 1. The van der Waals surface area contributed by atoms with Crippen LogP contribution < -0.4 is 5.32 Å². The van der Waals surface area contributed by atoms with Gasteiger partial charge in [0, 0.05) is 28.7 Å². The summed E-state index contributed by atoms with van der Waals surface area (Å²) >= 11 is 6.46. The molecule has 3 aromatic rings. The Morgan fingerprint density at radius 2 is 1.81 bits per heavy atom. The molecule has 0 radical (unpaired) electrons. The van der Waals surface area contributed by atoms with Gasteiger partial charge in [0.05, 0.1) is 12.6 Å². The molecule has 0 saturated heterocycles. The fourth-order valence-electron chi connectivity index (χ4n) is 2.95. The van der Waals surface area contributed by atoms with Gasteiger partial charge in [0.2, 0.25) is 0 Å². The second kappa shape index (κ2) is 4.93. The van der Waals surface area contributed by atoms with E-state index in [1.165, 1.54) is 5.56 Å². The van der Waals surface area contributed by atoms with E-state index in [4.69, 9.17) is 11.6 Å². The summed E-state index contributed by atoms with van der Waals surface area (Å²) < 4.78 is 2.19. The number of hydrogen-bond acceptors (Lipinski definition) is 2. The molecule has 1 aliphatic heterocycles. The van der Waals surface area contributed by atoms with Crippen molar-refractivity contribution in [3.63, 3.8) is 0 Å². The molecule has 3 nitrogen and oxygen atoms in total. The number of nitrogens with one attached hydrogen (secondary N) is 1. The molecular formula is C17H14ClN3. The molecule has 0 bridgehead atoms. The van der Waals surface area contributed by atoms with Gasteiger partial charge in [-0.15, -0.1) is 0 Å². The molecule has 1 atom stereocenters. The zero-order valence-corrected chi connectivity index (χ0v) is 12.1. The summed E-state index contributed by atoms with van der Waals surface area (Å²) in [7, 11) is 0. The van der Waals surface area contributed by atoms with Crippen molar-refractivity contribution in [2.75, 3.05) is 5.32 Å². The van der Waals surface area contributed by atoms with Crippen molar-refractivity contribution >= 4 is 17.3 Å². The molecule has 1 aromatic heterocycles. The number of para-hydroxylation sites is 1. The van der Waals surface area contributed by atoms with Crippen molar-refractivity contribution in [3.8, 4) is 0 Å². The first-order valence-corrected chi connectivity index (χ1v) is 7.31. The van der Waals surface area contributed by atoms with Crippen LogP contribution in [-0.2, 0) is 6.54 Å². The molecule has 0 aliphatic carbocycles. The maximum atomic E-state index is 6.46. The molecule has 1 N–H and O–H groups in total. The van der Waals surface area contributed by atoms with Crippen LogP contribution in [0, 0.1) is 0 Å². The van der Waals surface area contributed by atoms with Crippen LogP contribution in [0.25, 0.3) is 0 Å². The maximum absolute atomic E-state index is 6.46. The van der Waals surface area contributed by atoms with Gasteiger partial charge >= 0.3 is 0 Å². The minimum Gasteiger partial charge on any atom is -0.378 e. The van der Waals surface area contributed by atoms with Crippen LogP contribution in [0.2, 0.25) is 5.02 Å². The third kappa shape index (κ3) is 2.01. The first kappa shape index (κ1) is 12.5. The minimum atomic E-state index is 0.0439. The molecule has 0 amide bonds. The van der Waals surface area contributed by atoms with Crippen LogP contribution in [0.15, 0.2) is 60.9 Å². The number of benzene rings is 2. The number of aromatic nitrogens is 2. The van der Waals surface area contributed by atoms with Crippen LogP contribution >= 0.6 is 11.6 Å². The highest BCUT2D eigenvalue weighted by atomic mass is 35.5. The van der Waals surface area contributed by atoms with Gasteiger partial charge < -0.3 is 9.88 Å².